The van der Waals surface area contributed by atoms with Crippen LogP contribution in [-0.2, 0) is 0 Å². The maximum Gasteiger partial charge on any atom is 0.295 e. The molecule has 1 aliphatic rings. The Bertz CT molecular complexity index is 1210. The largest absolute Gasteiger partial charge is 0.497 e. The van der Waals surface area contributed by atoms with Crippen LogP contribution in [0.25, 0.3) is 16.9 Å². The molecule has 1 aliphatic heterocycles. The molecule has 33 heavy (non-hydrogen) atoms. The fourth-order valence-corrected chi connectivity index (χ4v) is 4.75. The average molecular weight is 487 g/mol. The summed E-state index contributed by atoms with van der Waals surface area (Å²) in [4.78, 5) is 17.7. The first-order chi connectivity index (χ1) is 15.9. The lowest BCUT2D eigenvalue weighted by atomic mass is 10.1. The van der Waals surface area contributed by atoms with Crippen molar-refractivity contribution in [1.82, 2.24) is 9.78 Å². The second kappa shape index (κ2) is 10.1. The average Bonchev–Trinajstić information content (AvgIpc) is 2.85. The summed E-state index contributed by atoms with van der Waals surface area (Å²) < 4.78 is 6.72. The van der Waals surface area contributed by atoms with Crippen LogP contribution in [0.2, 0.25) is 10.0 Å². The zero-order chi connectivity index (χ0) is 23.5. The van der Waals surface area contributed by atoms with Crippen LogP contribution < -0.4 is 20.1 Å². The molecule has 3 aromatic rings. The van der Waals surface area contributed by atoms with E-state index in [4.69, 9.17) is 33.0 Å². The minimum Gasteiger partial charge on any atom is -0.497 e. The Morgan fingerprint density at radius 1 is 1.09 bits per heavy atom. The van der Waals surface area contributed by atoms with Crippen molar-refractivity contribution < 1.29 is 4.74 Å². The van der Waals surface area contributed by atoms with Gasteiger partial charge in [0.2, 0.25) is 0 Å². The van der Waals surface area contributed by atoms with Gasteiger partial charge in [-0.1, -0.05) is 35.3 Å². The molecule has 0 aliphatic carbocycles. The van der Waals surface area contributed by atoms with E-state index >= 15 is 0 Å². The van der Waals surface area contributed by atoms with Crippen molar-refractivity contribution in [2.45, 2.75) is 26.2 Å². The summed E-state index contributed by atoms with van der Waals surface area (Å²) in [5, 5.41) is 5.52. The molecule has 0 bridgehead atoms. The van der Waals surface area contributed by atoms with Gasteiger partial charge in [0.1, 0.15) is 17.1 Å². The maximum atomic E-state index is 13.6. The highest BCUT2D eigenvalue weighted by Crippen LogP contribution is 2.37. The van der Waals surface area contributed by atoms with E-state index in [0.717, 1.165) is 37.2 Å². The molecule has 2 aromatic carbocycles. The Labute approximate surface area is 204 Å². The molecular formula is C25H28Cl2N4O2. The van der Waals surface area contributed by atoms with E-state index in [1.54, 1.807) is 19.2 Å². The van der Waals surface area contributed by atoms with Gasteiger partial charge in [-0.15, -0.1) is 0 Å². The first-order valence-corrected chi connectivity index (χ1v) is 11.9. The quantitative estimate of drug-likeness (QED) is 0.449. The molecule has 0 atom stereocenters. The van der Waals surface area contributed by atoms with E-state index < -0.39 is 0 Å². The summed E-state index contributed by atoms with van der Waals surface area (Å²) in [6, 6.07) is 13.1. The highest BCUT2D eigenvalue weighted by atomic mass is 35.5. The number of methoxy groups -OCH3 is 1. The van der Waals surface area contributed by atoms with Crippen LogP contribution in [0.5, 0.6) is 5.75 Å². The lowest BCUT2D eigenvalue weighted by molar-refractivity contribution is 0.415. The Kier molecular flexibility index (Phi) is 7.15. The molecule has 1 saturated heterocycles. The molecule has 0 radical (unpaired) electrons. The molecular weight excluding hydrogens is 459 g/mol. The summed E-state index contributed by atoms with van der Waals surface area (Å²) in [6.07, 6.45) is 3.44. The lowest BCUT2D eigenvalue weighted by Crippen LogP contribution is -2.32. The van der Waals surface area contributed by atoms with E-state index in [0.29, 0.717) is 39.4 Å². The minimum atomic E-state index is -0.273. The highest BCUT2D eigenvalue weighted by Gasteiger charge is 2.22. The van der Waals surface area contributed by atoms with Crippen LogP contribution in [0, 0.1) is 0 Å². The molecule has 0 spiro atoms. The predicted octanol–water partition coefficient (Wildman–Crippen LogP) is 5.66. The Balaban J connectivity index is 1.94. The number of nitrogens with zero attached hydrogens (tertiary/aromatic N) is 4. The fraction of sp³-hybridized carbons (Fsp3) is 0.360. The SMILES string of the molecule is CCN(C)c1cc(-c2cccc(OC)c2)nn(-c2c(Cl)ccc(N3CCCCC3)c2Cl)c1=O. The van der Waals surface area contributed by atoms with Crippen LogP contribution in [0.1, 0.15) is 26.2 Å². The topological polar surface area (TPSA) is 50.6 Å². The number of anilines is 2. The smallest absolute Gasteiger partial charge is 0.295 e. The van der Waals surface area contributed by atoms with Crippen molar-refractivity contribution >= 4 is 34.6 Å². The summed E-state index contributed by atoms with van der Waals surface area (Å²) in [6.45, 7) is 4.51. The number of hydrogen-bond donors (Lipinski definition) is 0. The third kappa shape index (κ3) is 4.68. The number of ether oxygens (including phenoxy) is 1. The van der Waals surface area contributed by atoms with Crippen molar-refractivity contribution in [3.8, 4) is 22.7 Å². The van der Waals surface area contributed by atoms with Gasteiger partial charge in [-0.05, 0) is 56.5 Å². The highest BCUT2D eigenvalue weighted by molar-refractivity contribution is 6.39. The lowest BCUT2D eigenvalue weighted by Gasteiger charge is -2.30. The summed E-state index contributed by atoms with van der Waals surface area (Å²) in [7, 11) is 3.50. The maximum absolute atomic E-state index is 13.6. The number of rotatable bonds is 6. The molecule has 0 unspecified atom stereocenters. The number of piperidine rings is 1. The van der Waals surface area contributed by atoms with Crippen molar-refractivity contribution in [1.29, 1.82) is 0 Å². The Morgan fingerprint density at radius 3 is 2.55 bits per heavy atom. The molecule has 0 saturated carbocycles. The minimum absolute atomic E-state index is 0.273. The third-order valence-corrected chi connectivity index (χ3v) is 6.78. The van der Waals surface area contributed by atoms with Crippen LogP contribution in [0.3, 0.4) is 0 Å². The van der Waals surface area contributed by atoms with Crippen LogP contribution in [0.4, 0.5) is 11.4 Å². The van der Waals surface area contributed by atoms with Gasteiger partial charge in [-0.3, -0.25) is 4.79 Å². The second-order valence-corrected chi connectivity index (χ2v) is 8.94. The van der Waals surface area contributed by atoms with E-state index in [-0.39, 0.29) is 5.56 Å². The fourth-order valence-electron chi connectivity index (χ4n) is 4.10. The number of aromatic nitrogens is 2. The predicted molar refractivity (Wildman–Crippen MR) is 137 cm³/mol. The molecule has 2 heterocycles. The van der Waals surface area contributed by atoms with Gasteiger partial charge < -0.3 is 14.5 Å². The standard InChI is InChI=1S/C25H28Cl2N4O2/c1-4-29(2)22-16-20(17-9-8-10-18(15-17)33-3)28-31(25(22)32)24-19(26)11-12-21(23(24)27)30-13-6-5-7-14-30/h8-12,15-16H,4-7,13-14H2,1-3H3. The van der Waals surface area contributed by atoms with Crippen molar-refractivity contribution in [2.75, 3.05) is 43.6 Å². The molecule has 4 rings (SSSR count). The van der Waals surface area contributed by atoms with E-state index in [1.165, 1.54) is 11.1 Å². The van der Waals surface area contributed by atoms with Crippen LogP contribution >= 0.6 is 23.2 Å². The van der Waals surface area contributed by atoms with Crippen LogP contribution in [-0.4, -0.2) is 43.6 Å². The normalized spacial score (nSPS) is 13.8. The van der Waals surface area contributed by atoms with Gasteiger partial charge in [0.15, 0.2) is 0 Å². The van der Waals surface area contributed by atoms with Gasteiger partial charge in [0.05, 0.1) is 28.5 Å². The first-order valence-electron chi connectivity index (χ1n) is 11.2. The Morgan fingerprint density at radius 2 is 1.85 bits per heavy atom. The number of hydrogen-bond acceptors (Lipinski definition) is 5. The molecule has 1 fully saturated rings. The molecule has 1 aromatic heterocycles. The molecule has 0 N–H and O–H groups in total. The zero-order valence-electron chi connectivity index (χ0n) is 19.1. The summed E-state index contributed by atoms with van der Waals surface area (Å²) in [5.74, 6) is 0.709. The van der Waals surface area contributed by atoms with E-state index in [9.17, 15) is 4.79 Å². The molecule has 6 nitrogen and oxygen atoms in total. The van der Waals surface area contributed by atoms with Crippen molar-refractivity contribution in [3.63, 3.8) is 0 Å². The van der Waals surface area contributed by atoms with Gasteiger partial charge in [0.25, 0.3) is 5.56 Å². The zero-order valence-corrected chi connectivity index (χ0v) is 20.7. The van der Waals surface area contributed by atoms with E-state index in [2.05, 4.69) is 4.90 Å². The third-order valence-electron chi connectivity index (χ3n) is 6.10. The Hall–Kier alpha value is -2.70. The summed E-state index contributed by atoms with van der Waals surface area (Å²) in [5.41, 5.74) is 2.97. The van der Waals surface area contributed by atoms with Gasteiger partial charge in [-0.25, -0.2) is 0 Å². The molecule has 174 valence electrons. The van der Waals surface area contributed by atoms with Crippen molar-refractivity contribution in [2.24, 2.45) is 0 Å². The summed E-state index contributed by atoms with van der Waals surface area (Å²) >= 11 is 13.5. The first kappa shape index (κ1) is 23.5. The van der Waals surface area contributed by atoms with Gasteiger partial charge >= 0.3 is 0 Å². The van der Waals surface area contributed by atoms with Crippen LogP contribution in [0.15, 0.2) is 47.3 Å². The molecule has 8 heteroatoms. The molecule has 0 amide bonds. The number of benzene rings is 2. The van der Waals surface area contributed by atoms with Crippen molar-refractivity contribution in [3.05, 3.63) is 62.9 Å². The van der Waals surface area contributed by atoms with Gasteiger partial charge in [0, 0.05) is 32.2 Å². The number of halogens is 2. The second-order valence-electron chi connectivity index (χ2n) is 8.15. The van der Waals surface area contributed by atoms with E-state index in [1.807, 2.05) is 49.2 Å². The monoisotopic (exact) mass is 486 g/mol. The van der Waals surface area contributed by atoms with Gasteiger partial charge in [-0.2, -0.15) is 9.78 Å².